The van der Waals surface area contributed by atoms with E-state index in [-0.39, 0.29) is 5.75 Å². The third kappa shape index (κ3) is 4.75. The minimum atomic E-state index is -2.87. The van der Waals surface area contributed by atoms with Crippen LogP contribution in [0.2, 0.25) is 0 Å². The van der Waals surface area contributed by atoms with Crippen molar-refractivity contribution >= 4 is 0 Å². The molecule has 0 spiro atoms. The Balaban J connectivity index is 1.87. The van der Waals surface area contributed by atoms with Gasteiger partial charge in [-0.1, -0.05) is 6.07 Å². The van der Waals surface area contributed by atoms with Gasteiger partial charge in [-0.15, -0.1) is 0 Å². The van der Waals surface area contributed by atoms with Crippen LogP contribution < -0.4 is 14.8 Å². The summed E-state index contributed by atoms with van der Waals surface area (Å²) in [6.45, 7) is -1.55. The zero-order valence-electron chi connectivity index (χ0n) is 11.6. The number of rotatable bonds is 8. The molecule has 0 aliphatic rings. The number of hydrogen-bond donors (Lipinski definition) is 1. The van der Waals surface area contributed by atoms with Crippen LogP contribution in [-0.2, 0) is 13.0 Å². The van der Waals surface area contributed by atoms with Crippen molar-refractivity contribution in [3.8, 4) is 11.5 Å². The average molecular weight is 297 g/mol. The van der Waals surface area contributed by atoms with Crippen molar-refractivity contribution in [2.45, 2.75) is 19.6 Å². The maximum Gasteiger partial charge on any atom is 0.387 e. The molecule has 2 aromatic rings. The lowest BCUT2D eigenvalue weighted by Gasteiger charge is -2.11. The van der Waals surface area contributed by atoms with Gasteiger partial charge in [0, 0.05) is 0 Å². The first-order valence-corrected chi connectivity index (χ1v) is 6.54. The number of nitrogens with one attached hydrogen (secondary N) is 1. The molecule has 0 fully saturated rings. The summed E-state index contributed by atoms with van der Waals surface area (Å²) in [6, 6.07) is 8.73. The summed E-state index contributed by atoms with van der Waals surface area (Å²) in [5.74, 6) is 1.20. The van der Waals surface area contributed by atoms with Crippen molar-refractivity contribution in [2.24, 2.45) is 0 Å². The molecule has 114 valence electrons. The molecule has 0 atom stereocenters. The van der Waals surface area contributed by atoms with Crippen LogP contribution in [0.25, 0.3) is 0 Å². The van der Waals surface area contributed by atoms with Crippen molar-refractivity contribution in [3.63, 3.8) is 0 Å². The number of methoxy groups -OCH3 is 1. The first kappa shape index (κ1) is 15.3. The van der Waals surface area contributed by atoms with E-state index < -0.39 is 6.61 Å². The minimum Gasteiger partial charge on any atom is -0.493 e. The molecule has 21 heavy (non-hydrogen) atoms. The number of benzene rings is 1. The Kier molecular flexibility index (Phi) is 5.57. The van der Waals surface area contributed by atoms with Crippen LogP contribution in [-0.4, -0.2) is 20.3 Å². The minimum absolute atomic E-state index is 0.0519. The predicted octanol–water partition coefficient (Wildman–Crippen LogP) is 3.22. The van der Waals surface area contributed by atoms with Crippen LogP contribution in [0.4, 0.5) is 8.78 Å². The van der Waals surface area contributed by atoms with E-state index in [0.29, 0.717) is 25.3 Å². The van der Waals surface area contributed by atoms with E-state index in [0.717, 1.165) is 11.3 Å². The molecule has 0 bridgehead atoms. The molecular formula is C15H17F2NO3. The molecule has 1 aromatic carbocycles. The van der Waals surface area contributed by atoms with E-state index in [4.69, 9.17) is 9.15 Å². The first-order chi connectivity index (χ1) is 10.2. The number of hydrogen-bond acceptors (Lipinski definition) is 4. The zero-order chi connectivity index (χ0) is 15.1. The summed E-state index contributed by atoms with van der Waals surface area (Å²) < 4.78 is 39.3. The molecule has 0 unspecified atom stereocenters. The van der Waals surface area contributed by atoms with Gasteiger partial charge in [-0.05, 0) is 42.8 Å². The Morgan fingerprint density at radius 2 is 2.10 bits per heavy atom. The lowest BCUT2D eigenvalue weighted by atomic mass is 10.1. The molecule has 0 saturated carbocycles. The number of ether oxygens (including phenoxy) is 2. The monoisotopic (exact) mass is 297 g/mol. The van der Waals surface area contributed by atoms with Crippen LogP contribution in [0.1, 0.15) is 11.3 Å². The van der Waals surface area contributed by atoms with E-state index >= 15 is 0 Å². The standard InChI is InChI=1S/C15H17F2NO3/c1-19-13-5-4-11(9-14(13)21-15(16)17)6-7-18-10-12-3-2-8-20-12/h2-5,8-9,15,18H,6-7,10H2,1H3. The molecule has 1 heterocycles. The Hall–Kier alpha value is -2.08. The van der Waals surface area contributed by atoms with Gasteiger partial charge in [0.15, 0.2) is 11.5 Å². The second-order valence-electron chi connectivity index (χ2n) is 4.37. The van der Waals surface area contributed by atoms with E-state index in [9.17, 15) is 8.78 Å². The summed E-state index contributed by atoms with van der Waals surface area (Å²) in [4.78, 5) is 0. The van der Waals surface area contributed by atoms with Gasteiger partial charge < -0.3 is 19.2 Å². The third-order valence-corrected chi connectivity index (χ3v) is 2.91. The molecular weight excluding hydrogens is 280 g/mol. The molecule has 1 N–H and O–H groups in total. The Morgan fingerprint density at radius 3 is 2.76 bits per heavy atom. The maximum absolute atomic E-state index is 12.3. The fraction of sp³-hybridized carbons (Fsp3) is 0.333. The molecule has 0 radical (unpaired) electrons. The topological polar surface area (TPSA) is 43.6 Å². The largest absolute Gasteiger partial charge is 0.493 e. The molecule has 0 amide bonds. The second-order valence-corrected chi connectivity index (χ2v) is 4.37. The highest BCUT2D eigenvalue weighted by Crippen LogP contribution is 2.29. The number of alkyl halides is 2. The van der Waals surface area contributed by atoms with E-state index in [2.05, 4.69) is 10.1 Å². The summed E-state index contributed by atoms with van der Waals surface area (Å²) in [7, 11) is 1.41. The molecule has 2 rings (SSSR count). The Morgan fingerprint density at radius 1 is 1.24 bits per heavy atom. The lowest BCUT2D eigenvalue weighted by Crippen LogP contribution is -2.16. The van der Waals surface area contributed by atoms with Gasteiger partial charge in [-0.2, -0.15) is 8.78 Å². The van der Waals surface area contributed by atoms with Gasteiger partial charge in [0.25, 0.3) is 0 Å². The van der Waals surface area contributed by atoms with E-state index in [1.165, 1.54) is 7.11 Å². The Labute approximate surface area is 121 Å². The smallest absolute Gasteiger partial charge is 0.387 e. The SMILES string of the molecule is COc1ccc(CCNCc2ccco2)cc1OC(F)F. The molecule has 0 saturated heterocycles. The summed E-state index contributed by atoms with van der Waals surface area (Å²) in [5.41, 5.74) is 0.887. The molecule has 1 aromatic heterocycles. The maximum atomic E-state index is 12.3. The molecule has 0 aliphatic carbocycles. The predicted molar refractivity (Wildman–Crippen MR) is 73.7 cm³/mol. The number of halogens is 2. The zero-order valence-corrected chi connectivity index (χ0v) is 11.6. The van der Waals surface area contributed by atoms with Crippen molar-refractivity contribution in [1.29, 1.82) is 0 Å². The van der Waals surface area contributed by atoms with Crippen LogP contribution in [0.15, 0.2) is 41.0 Å². The average Bonchev–Trinajstić information content (AvgIpc) is 2.96. The first-order valence-electron chi connectivity index (χ1n) is 6.54. The van der Waals surface area contributed by atoms with Gasteiger partial charge >= 0.3 is 6.61 Å². The number of furan rings is 1. The summed E-state index contributed by atoms with van der Waals surface area (Å²) in [5, 5.41) is 3.21. The van der Waals surface area contributed by atoms with Crippen LogP contribution >= 0.6 is 0 Å². The molecule has 0 aliphatic heterocycles. The quantitative estimate of drug-likeness (QED) is 0.760. The highest BCUT2D eigenvalue weighted by Gasteiger charge is 2.11. The third-order valence-electron chi connectivity index (χ3n) is 2.91. The molecule has 6 heteroatoms. The summed E-state index contributed by atoms with van der Waals surface area (Å²) >= 11 is 0. The normalized spacial score (nSPS) is 10.9. The van der Waals surface area contributed by atoms with Gasteiger partial charge in [-0.3, -0.25) is 0 Å². The van der Waals surface area contributed by atoms with E-state index in [1.807, 2.05) is 18.2 Å². The van der Waals surface area contributed by atoms with Crippen molar-refractivity contribution in [2.75, 3.05) is 13.7 Å². The molecule has 4 nitrogen and oxygen atoms in total. The fourth-order valence-electron chi connectivity index (χ4n) is 1.92. The van der Waals surface area contributed by atoms with Crippen LogP contribution in [0.3, 0.4) is 0 Å². The second kappa shape index (κ2) is 7.64. The lowest BCUT2D eigenvalue weighted by molar-refractivity contribution is -0.0512. The van der Waals surface area contributed by atoms with Crippen molar-refractivity contribution in [1.82, 2.24) is 5.32 Å². The van der Waals surface area contributed by atoms with Crippen LogP contribution in [0, 0.1) is 0 Å². The fourth-order valence-corrected chi connectivity index (χ4v) is 1.92. The van der Waals surface area contributed by atoms with Gasteiger partial charge in [-0.25, -0.2) is 0 Å². The Bertz CT molecular complexity index is 544. The summed E-state index contributed by atoms with van der Waals surface area (Å²) in [6.07, 6.45) is 2.30. The highest BCUT2D eigenvalue weighted by atomic mass is 19.3. The van der Waals surface area contributed by atoms with Gasteiger partial charge in [0.2, 0.25) is 0 Å². The van der Waals surface area contributed by atoms with Gasteiger partial charge in [0.1, 0.15) is 5.76 Å². The van der Waals surface area contributed by atoms with E-state index in [1.54, 1.807) is 18.4 Å². The highest BCUT2D eigenvalue weighted by molar-refractivity contribution is 5.43. The van der Waals surface area contributed by atoms with Crippen molar-refractivity contribution in [3.05, 3.63) is 47.9 Å². The van der Waals surface area contributed by atoms with Gasteiger partial charge in [0.05, 0.1) is 19.9 Å². The van der Waals surface area contributed by atoms with Crippen LogP contribution in [0.5, 0.6) is 11.5 Å². The van der Waals surface area contributed by atoms with Crippen molar-refractivity contribution < 1.29 is 22.7 Å².